The zero-order valence-electron chi connectivity index (χ0n) is 13.2. The van der Waals surface area contributed by atoms with E-state index in [4.69, 9.17) is 4.74 Å². The lowest BCUT2D eigenvalue weighted by Gasteiger charge is -1.98. The predicted octanol–water partition coefficient (Wildman–Crippen LogP) is 2.31. The van der Waals surface area contributed by atoms with Crippen LogP contribution in [0.5, 0.6) is 5.75 Å². The van der Waals surface area contributed by atoms with E-state index >= 15 is 0 Å². The Bertz CT molecular complexity index is 960. The van der Waals surface area contributed by atoms with Gasteiger partial charge in [-0.1, -0.05) is 0 Å². The fourth-order valence-corrected chi connectivity index (χ4v) is 2.58. The van der Waals surface area contributed by atoms with Gasteiger partial charge in [0, 0.05) is 37.0 Å². The SMILES string of the molecule is COc1cccn2nc(CCc3ncc(-c4cccnc4)[nH]3)nc12. The number of aromatic nitrogens is 6. The van der Waals surface area contributed by atoms with Gasteiger partial charge in [0.15, 0.2) is 17.2 Å². The standard InChI is InChI=1S/C17H16N6O/c1-24-14-5-3-9-23-17(14)21-16(22-23)7-6-15-19-11-13(20-15)12-4-2-8-18-10-12/h2-5,8-11H,6-7H2,1H3,(H,19,20). The van der Waals surface area contributed by atoms with E-state index in [9.17, 15) is 0 Å². The second-order valence-corrected chi connectivity index (χ2v) is 5.36. The molecule has 0 aliphatic carbocycles. The van der Waals surface area contributed by atoms with E-state index in [2.05, 4.69) is 25.0 Å². The maximum absolute atomic E-state index is 5.31. The highest BCUT2D eigenvalue weighted by Crippen LogP contribution is 2.18. The fourth-order valence-electron chi connectivity index (χ4n) is 2.58. The van der Waals surface area contributed by atoms with E-state index in [0.717, 1.165) is 35.0 Å². The molecule has 4 aromatic heterocycles. The molecule has 0 spiro atoms. The number of hydrogen-bond donors (Lipinski definition) is 1. The first-order valence-corrected chi connectivity index (χ1v) is 7.66. The first-order chi connectivity index (χ1) is 11.8. The van der Waals surface area contributed by atoms with Gasteiger partial charge in [-0.3, -0.25) is 4.98 Å². The Morgan fingerprint density at radius 1 is 1.17 bits per heavy atom. The van der Waals surface area contributed by atoms with Crippen LogP contribution in [0.3, 0.4) is 0 Å². The zero-order valence-corrected chi connectivity index (χ0v) is 13.2. The number of H-pyrrole nitrogens is 1. The lowest BCUT2D eigenvalue weighted by Crippen LogP contribution is -1.96. The topological polar surface area (TPSA) is 81.0 Å². The second kappa shape index (κ2) is 6.11. The van der Waals surface area contributed by atoms with Gasteiger partial charge in [-0.05, 0) is 24.3 Å². The Morgan fingerprint density at radius 3 is 2.96 bits per heavy atom. The number of imidazole rings is 1. The molecule has 0 saturated heterocycles. The van der Waals surface area contributed by atoms with E-state index in [-0.39, 0.29) is 0 Å². The lowest BCUT2D eigenvalue weighted by molar-refractivity contribution is 0.416. The average Bonchev–Trinajstić information content (AvgIpc) is 3.27. The molecule has 4 aromatic rings. The molecule has 0 fully saturated rings. The highest BCUT2D eigenvalue weighted by Gasteiger charge is 2.10. The Labute approximate surface area is 138 Å². The second-order valence-electron chi connectivity index (χ2n) is 5.36. The summed E-state index contributed by atoms with van der Waals surface area (Å²) in [6.07, 6.45) is 8.69. The summed E-state index contributed by atoms with van der Waals surface area (Å²) in [7, 11) is 1.63. The maximum Gasteiger partial charge on any atom is 0.198 e. The van der Waals surface area contributed by atoms with E-state index in [1.807, 2.05) is 42.9 Å². The molecule has 0 unspecified atom stereocenters. The minimum absolute atomic E-state index is 0.699. The van der Waals surface area contributed by atoms with E-state index in [1.54, 1.807) is 17.8 Å². The molecule has 7 heteroatoms. The first-order valence-electron chi connectivity index (χ1n) is 7.66. The Hall–Kier alpha value is -3.22. The molecule has 0 atom stereocenters. The molecule has 24 heavy (non-hydrogen) atoms. The largest absolute Gasteiger partial charge is 0.493 e. The first kappa shape index (κ1) is 14.4. The van der Waals surface area contributed by atoms with Gasteiger partial charge in [0.25, 0.3) is 0 Å². The summed E-state index contributed by atoms with van der Waals surface area (Å²) in [5, 5.41) is 4.48. The number of methoxy groups -OCH3 is 1. The number of aromatic amines is 1. The smallest absolute Gasteiger partial charge is 0.198 e. The molecule has 0 aliphatic heterocycles. The number of ether oxygens (including phenoxy) is 1. The minimum atomic E-state index is 0.699. The van der Waals surface area contributed by atoms with Crippen molar-refractivity contribution < 1.29 is 4.74 Å². The number of rotatable bonds is 5. The van der Waals surface area contributed by atoms with Crippen LogP contribution in [-0.2, 0) is 12.8 Å². The lowest BCUT2D eigenvalue weighted by atomic mass is 10.2. The highest BCUT2D eigenvalue weighted by atomic mass is 16.5. The number of pyridine rings is 2. The molecule has 4 heterocycles. The number of nitrogens with one attached hydrogen (secondary N) is 1. The normalized spacial score (nSPS) is 11.0. The summed E-state index contributed by atoms with van der Waals surface area (Å²) in [5.74, 6) is 2.38. The molecule has 120 valence electrons. The van der Waals surface area contributed by atoms with Crippen molar-refractivity contribution >= 4 is 5.65 Å². The van der Waals surface area contributed by atoms with Gasteiger partial charge >= 0.3 is 0 Å². The Kier molecular flexibility index (Phi) is 3.66. The number of fused-ring (bicyclic) bond motifs is 1. The van der Waals surface area contributed by atoms with Gasteiger partial charge in [-0.2, -0.15) is 5.10 Å². The summed E-state index contributed by atoms with van der Waals surface area (Å²) in [5.41, 5.74) is 2.71. The van der Waals surface area contributed by atoms with E-state index in [0.29, 0.717) is 12.2 Å². The third kappa shape index (κ3) is 2.71. The molecular formula is C17H16N6O. The van der Waals surface area contributed by atoms with Gasteiger partial charge in [0.2, 0.25) is 0 Å². The molecular weight excluding hydrogens is 304 g/mol. The number of hydrogen-bond acceptors (Lipinski definition) is 5. The molecule has 0 aliphatic rings. The van der Waals surface area contributed by atoms with Crippen LogP contribution in [0.2, 0.25) is 0 Å². The van der Waals surface area contributed by atoms with Crippen LogP contribution in [0.4, 0.5) is 0 Å². The van der Waals surface area contributed by atoms with Gasteiger partial charge in [0.1, 0.15) is 5.82 Å². The predicted molar refractivity (Wildman–Crippen MR) is 88.8 cm³/mol. The van der Waals surface area contributed by atoms with Crippen molar-refractivity contribution in [3.8, 4) is 17.0 Å². The highest BCUT2D eigenvalue weighted by molar-refractivity contribution is 5.56. The van der Waals surface area contributed by atoms with Crippen LogP contribution in [-0.4, -0.2) is 36.7 Å². The van der Waals surface area contributed by atoms with Crippen LogP contribution in [0, 0.1) is 0 Å². The summed E-state index contributed by atoms with van der Waals surface area (Å²) in [6, 6.07) is 7.67. The van der Waals surface area contributed by atoms with Crippen molar-refractivity contribution in [2.24, 2.45) is 0 Å². The minimum Gasteiger partial charge on any atom is -0.493 e. The van der Waals surface area contributed by atoms with Gasteiger partial charge in [0.05, 0.1) is 19.0 Å². The van der Waals surface area contributed by atoms with Crippen LogP contribution in [0.25, 0.3) is 16.9 Å². The number of aryl methyl sites for hydroxylation is 2. The molecule has 0 bridgehead atoms. The third-order valence-electron chi connectivity index (χ3n) is 3.78. The molecule has 0 saturated carbocycles. The maximum atomic E-state index is 5.31. The molecule has 1 N–H and O–H groups in total. The van der Waals surface area contributed by atoms with Crippen molar-refractivity contribution in [2.45, 2.75) is 12.8 Å². The fraction of sp³-hybridized carbons (Fsp3) is 0.176. The molecule has 0 aromatic carbocycles. The van der Waals surface area contributed by atoms with Gasteiger partial charge in [-0.15, -0.1) is 0 Å². The Balaban J connectivity index is 1.50. The van der Waals surface area contributed by atoms with Gasteiger partial charge < -0.3 is 9.72 Å². The van der Waals surface area contributed by atoms with Crippen molar-refractivity contribution in [2.75, 3.05) is 7.11 Å². The third-order valence-corrected chi connectivity index (χ3v) is 3.78. The van der Waals surface area contributed by atoms with Gasteiger partial charge in [-0.25, -0.2) is 14.5 Å². The molecule has 0 amide bonds. The monoisotopic (exact) mass is 320 g/mol. The van der Waals surface area contributed by atoms with Crippen LogP contribution in [0.15, 0.2) is 49.1 Å². The average molecular weight is 320 g/mol. The molecule has 4 rings (SSSR count). The van der Waals surface area contributed by atoms with Crippen molar-refractivity contribution in [1.29, 1.82) is 0 Å². The summed E-state index contributed by atoms with van der Waals surface area (Å²) >= 11 is 0. The van der Waals surface area contributed by atoms with Crippen molar-refractivity contribution in [3.05, 3.63) is 60.7 Å². The Morgan fingerprint density at radius 2 is 2.12 bits per heavy atom. The summed E-state index contributed by atoms with van der Waals surface area (Å²) in [6.45, 7) is 0. The molecule has 7 nitrogen and oxygen atoms in total. The quantitative estimate of drug-likeness (QED) is 0.610. The van der Waals surface area contributed by atoms with Crippen LogP contribution in [0.1, 0.15) is 11.6 Å². The van der Waals surface area contributed by atoms with Crippen molar-refractivity contribution in [1.82, 2.24) is 29.5 Å². The molecule has 0 radical (unpaired) electrons. The number of nitrogens with zero attached hydrogens (tertiary/aromatic N) is 5. The van der Waals surface area contributed by atoms with Crippen LogP contribution >= 0.6 is 0 Å². The van der Waals surface area contributed by atoms with E-state index in [1.165, 1.54) is 0 Å². The summed E-state index contributed by atoms with van der Waals surface area (Å²) < 4.78 is 7.04. The summed E-state index contributed by atoms with van der Waals surface area (Å²) in [4.78, 5) is 16.4. The van der Waals surface area contributed by atoms with Crippen LogP contribution < -0.4 is 4.74 Å². The van der Waals surface area contributed by atoms with E-state index < -0.39 is 0 Å². The van der Waals surface area contributed by atoms with Crippen molar-refractivity contribution in [3.63, 3.8) is 0 Å². The zero-order chi connectivity index (χ0) is 16.4.